The summed E-state index contributed by atoms with van der Waals surface area (Å²) in [7, 11) is -1.57. The number of rotatable bonds is 1. The Labute approximate surface area is 114 Å². The van der Waals surface area contributed by atoms with Crippen molar-refractivity contribution in [3.63, 3.8) is 0 Å². The lowest BCUT2D eigenvalue weighted by Gasteiger charge is -2.16. The third kappa shape index (κ3) is 2.29. The van der Waals surface area contributed by atoms with Crippen LogP contribution in [0.5, 0.6) is 0 Å². The van der Waals surface area contributed by atoms with E-state index in [4.69, 9.17) is 0 Å². The topological polar surface area (TPSA) is 34.1 Å². The lowest BCUT2D eigenvalue weighted by atomic mass is 10.0. The molecule has 1 atom stereocenters. The largest absolute Gasteiger partial charge is 0.279 e. The van der Waals surface area contributed by atoms with Crippen LogP contribution in [0.4, 0.5) is 0 Å². The van der Waals surface area contributed by atoms with E-state index >= 15 is 0 Å². The Hall–Kier alpha value is -2.00. The van der Waals surface area contributed by atoms with Gasteiger partial charge in [0.15, 0.2) is 0 Å². The van der Waals surface area contributed by atoms with E-state index in [-0.39, 0.29) is 5.12 Å². The summed E-state index contributed by atoms with van der Waals surface area (Å²) in [6.07, 6.45) is 2.38. The quantitative estimate of drug-likeness (QED) is 0.745. The normalized spacial score (nSPS) is 20.3. The summed E-state index contributed by atoms with van der Waals surface area (Å²) in [6, 6.07) is 17.1. The van der Waals surface area contributed by atoms with Crippen LogP contribution in [0.25, 0.3) is 6.08 Å². The molecule has 2 aromatic rings. The van der Waals surface area contributed by atoms with Crippen molar-refractivity contribution < 1.29 is 9.00 Å². The van der Waals surface area contributed by atoms with E-state index in [1.54, 1.807) is 6.07 Å². The Balaban J connectivity index is 2.05. The minimum Gasteiger partial charge on any atom is -0.279 e. The average molecular weight is 268 g/mol. The molecule has 3 heteroatoms. The second-order valence-corrected chi connectivity index (χ2v) is 5.77. The monoisotopic (exact) mass is 268 g/mol. The molecule has 2 aromatic carbocycles. The zero-order valence-corrected chi connectivity index (χ0v) is 11.0. The smallest absolute Gasteiger partial charge is 0.250 e. The van der Waals surface area contributed by atoms with Crippen LogP contribution in [0, 0.1) is 0 Å². The van der Waals surface area contributed by atoms with Crippen LogP contribution in [0.1, 0.15) is 11.1 Å². The molecular weight excluding hydrogens is 256 g/mol. The van der Waals surface area contributed by atoms with Gasteiger partial charge in [-0.3, -0.25) is 4.79 Å². The fourth-order valence-electron chi connectivity index (χ4n) is 2.19. The van der Waals surface area contributed by atoms with Crippen molar-refractivity contribution >= 4 is 22.0 Å². The van der Waals surface area contributed by atoms with Gasteiger partial charge in [0, 0.05) is 12.0 Å². The first-order valence-corrected chi connectivity index (χ1v) is 7.20. The maximum Gasteiger partial charge on any atom is 0.250 e. The Morgan fingerprint density at radius 2 is 1.63 bits per heavy atom. The Morgan fingerprint density at radius 3 is 2.42 bits per heavy atom. The standard InChI is InChI=1S/C16H12O2S/c17-16-14(10-12-6-2-1-3-7-12)11-13-8-4-5-9-15(13)19(16)18/h1-10H,11H2. The van der Waals surface area contributed by atoms with Crippen molar-refractivity contribution in [2.45, 2.75) is 11.3 Å². The molecular formula is C16H12O2S. The van der Waals surface area contributed by atoms with E-state index in [2.05, 4.69) is 0 Å². The average Bonchev–Trinajstić information content (AvgIpc) is 2.46. The highest BCUT2D eigenvalue weighted by Crippen LogP contribution is 2.27. The first-order valence-electron chi connectivity index (χ1n) is 6.05. The van der Waals surface area contributed by atoms with Gasteiger partial charge in [-0.05, 0) is 23.3 Å². The second-order valence-electron chi connectivity index (χ2n) is 4.42. The molecule has 2 nitrogen and oxygen atoms in total. The van der Waals surface area contributed by atoms with E-state index in [0.29, 0.717) is 16.9 Å². The molecule has 0 aromatic heterocycles. The van der Waals surface area contributed by atoms with Gasteiger partial charge in [0.25, 0.3) is 0 Å². The molecule has 0 amide bonds. The maximum atomic E-state index is 12.1. The van der Waals surface area contributed by atoms with Crippen LogP contribution in [-0.2, 0) is 22.0 Å². The molecule has 0 saturated carbocycles. The van der Waals surface area contributed by atoms with E-state index in [1.165, 1.54) is 0 Å². The van der Waals surface area contributed by atoms with Gasteiger partial charge in [0.2, 0.25) is 5.12 Å². The van der Waals surface area contributed by atoms with Crippen LogP contribution in [0.2, 0.25) is 0 Å². The van der Waals surface area contributed by atoms with Crippen molar-refractivity contribution in [1.82, 2.24) is 0 Å². The van der Waals surface area contributed by atoms with Gasteiger partial charge in [0.1, 0.15) is 10.8 Å². The van der Waals surface area contributed by atoms with Gasteiger partial charge >= 0.3 is 0 Å². The summed E-state index contributed by atoms with van der Waals surface area (Å²) in [5, 5.41) is -0.275. The molecule has 0 aliphatic carbocycles. The molecule has 0 radical (unpaired) electrons. The lowest BCUT2D eigenvalue weighted by molar-refractivity contribution is -0.108. The van der Waals surface area contributed by atoms with Crippen LogP contribution in [0.3, 0.4) is 0 Å². The number of fused-ring (bicyclic) bond motifs is 1. The molecule has 0 N–H and O–H groups in total. The molecule has 1 unspecified atom stereocenters. The summed E-state index contributed by atoms with van der Waals surface area (Å²) in [6.45, 7) is 0. The van der Waals surface area contributed by atoms with Crippen LogP contribution in [-0.4, -0.2) is 9.32 Å². The summed E-state index contributed by atoms with van der Waals surface area (Å²) in [5.41, 5.74) is 2.55. The van der Waals surface area contributed by atoms with Crippen LogP contribution >= 0.6 is 0 Å². The highest BCUT2D eigenvalue weighted by molar-refractivity contribution is 8.01. The highest BCUT2D eigenvalue weighted by Gasteiger charge is 2.27. The van der Waals surface area contributed by atoms with Crippen molar-refractivity contribution in [2.24, 2.45) is 0 Å². The number of hydrogen-bond donors (Lipinski definition) is 0. The molecule has 94 valence electrons. The molecule has 1 heterocycles. The van der Waals surface area contributed by atoms with Gasteiger partial charge in [-0.25, -0.2) is 4.21 Å². The zero-order chi connectivity index (χ0) is 13.2. The molecule has 0 spiro atoms. The Morgan fingerprint density at radius 1 is 0.947 bits per heavy atom. The Kier molecular flexibility index (Phi) is 3.13. The Bertz CT molecular complexity index is 687. The van der Waals surface area contributed by atoms with Crippen molar-refractivity contribution in [3.05, 3.63) is 71.3 Å². The number of benzene rings is 2. The predicted molar refractivity (Wildman–Crippen MR) is 76.0 cm³/mol. The first-order chi connectivity index (χ1) is 9.25. The molecule has 1 aliphatic heterocycles. The fraction of sp³-hybridized carbons (Fsp3) is 0.0625. The van der Waals surface area contributed by atoms with E-state index < -0.39 is 10.8 Å². The third-order valence-electron chi connectivity index (χ3n) is 3.12. The van der Waals surface area contributed by atoms with E-state index in [0.717, 1.165) is 11.1 Å². The summed E-state index contributed by atoms with van der Waals surface area (Å²) >= 11 is 0. The maximum absolute atomic E-state index is 12.1. The van der Waals surface area contributed by atoms with Crippen molar-refractivity contribution in [3.8, 4) is 0 Å². The number of hydrogen-bond acceptors (Lipinski definition) is 2. The van der Waals surface area contributed by atoms with Gasteiger partial charge in [-0.2, -0.15) is 0 Å². The molecule has 0 saturated heterocycles. The summed E-state index contributed by atoms with van der Waals surface area (Å²) in [5.74, 6) is 0. The minimum absolute atomic E-state index is 0.275. The molecule has 1 aliphatic rings. The number of carbonyl (C=O) groups excluding carboxylic acids is 1. The summed E-state index contributed by atoms with van der Waals surface area (Å²) in [4.78, 5) is 12.8. The fourth-order valence-corrected chi connectivity index (χ4v) is 3.34. The molecule has 19 heavy (non-hydrogen) atoms. The van der Waals surface area contributed by atoms with Gasteiger partial charge in [-0.15, -0.1) is 0 Å². The zero-order valence-electron chi connectivity index (χ0n) is 10.2. The number of carbonyl (C=O) groups is 1. The van der Waals surface area contributed by atoms with Gasteiger partial charge in [0.05, 0.1) is 4.90 Å². The van der Waals surface area contributed by atoms with E-state index in [1.807, 2.05) is 54.6 Å². The third-order valence-corrected chi connectivity index (χ3v) is 4.52. The first kappa shape index (κ1) is 12.1. The SMILES string of the molecule is O=C1C(=Cc2ccccc2)Cc2ccccc2S1=O. The molecule has 0 fully saturated rings. The highest BCUT2D eigenvalue weighted by atomic mass is 32.2. The predicted octanol–water partition coefficient (Wildman–Crippen LogP) is 2.96. The van der Waals surface area contributed by atoms with Crippen molar-refractivity contribution in [2.75, 3.05) is 0 Å². The van der Waals surface area contributed by atoms with Crippen LogP contribution in [0.15, 0.2) is 65.1 Å². The molecule has 3 rings (SSSR count). The van der Waals surface area contributed by atoms with Gasteiger partial charge < -0.3 is 0 Å². The second kappa shape index (κ2) is 4.94. The summed E-state index contributed by atoms with van der Waals surface area (Å²) < 4.78 is 12.1. The van der Waals surface area contributed by atoms with Crippen molar-refractivity contribution in [1.29, 1.82) is 0 Å². The van der Waals surface area contributed by atoms with E-state index in [9.17, 15) is 9.00 Å². The lowest BCUT2D eigenvalue weighted by Crippen LogP contribution is -2.19. The minimum atomic E-state index is -1.57. The van der Waals surface area contributed by atoms with Crippen LogP contribution < -0.4 is 0 Å². The molecule has 0 bridgehead atoms. The van der Waals surface area contributed by atoms with Gasteiger partial charge in [-0.1, -0.05) is 48.5 Å².